The first kappa shape index (κ1) is 24.1. The molecule has 3 aliphatic heterocycles. The summed E-state index contributed by atoms with van der Waals surface area (Å²) in [6, 6.07) is 6.22. The fourth-order valence-corrected chi connectivity index (χ4v) is 5.59. The summed E-state index contributed by atoms with van der Waals surface area (Å²) in [6.45, 7) is 7.27. The molecule has 0 aliphatic carbocycles. The Bertz CT molecular complexity index is 1090. The van der Waals surface area contributed by atoms with Crippen molar-refractivity contribution in [1.82, 2.24) is 20.1 Å². The summed E-state index contributed by atoms with van der Waals surface area (Å²) in [5.41, 5.74) is -0.0533. The summed E-state index contributed by atoms with van der Waals surface area (Å²) >= 11 is 0. The molecule has 1 aromatic carbocycles. The number of hydrogen-bond donors (Lipinski definition) is 1. The number of likely N-dealkylation sites (tertiary alicyclic amines) is 1. The third-order valence-corrected chi connectivity index (χ3v) is 7.60. The lowest BCUT2D eigenvalue weighted by Gasteiger charge is -2.39. The van der Waals surface area contributed by atoms with E-state index < -0.39 is 11.9 Å². The van der Waals surface area contributed by atoms with E-state index in [1.807, 2.05) is 9.80 Å². The lowest BCUT2D eigenvalue weighted by Crippen LogP contribution is -2.51. The Morgan fingerprint density at radius 3 is 2.57 bits per heavy atom. The maximum absolute atomic E-state index is 13.6. The average Bonchev–Trinajstić information content (AvgIpc) is 3.52. The molecule has 4 heterocycles. The quantitative estimate of drug-likeness (QED) is 0.710. The maximum Gasteiger partial charge on any atom is 0.433 e. The van der Waals surface area contributed by atoms with Crippen LogP contribution in [0.2, 0.25) is 0 Å². The first-order chi connectivity index (χ1) is 16.7. The number of amides is 1. The zero-order chi connectivity index (χ0) is 24.7. The Labute approximate surface area is 203 Å². The highest BCUT2D eigenvalue weighted by Crippen LogP contribution is 2.36. The van der Waals surface area contributed by atoms with Crippen molar-refractivity contribution in [2.45, 2.75) is 38.0 Å². The Kier molecular flexibility index (Phi) is 6.52. The summed E-state index contributed by atoms with van der Waals surface area (Å²) in [5.74, 6) is 1.35. The van der Waals surface area contributed by atoms with Crippen molar-refractivity contribution in [2.75, 3.05) is 57.8 Å². The zero-order valence-electron chi connectivity index (χ0n) is 20.1. The van der Waals surface area contributed by atoms with Crippen molar-refractivity contribution < 1.29 is 22.7 Å². The minimum Gasteiger partial charge on any atom is -0.497 e. The van der Waals surface area contributed by atoms with Crippen molar-refractivity contribution in [1.29, 1.82) is 0 Å². The monoisotopic (exact) mass is 491 g/mol. The van der Waals surface area contributed by atoms with E-state index in [4.69, 9.17) is 4.74 Å². The van der Waals surface area contributed by atoms with Gasteiger partial charge in [-0.1, -0.05) is 6.92 Å². The van der Waals surface area contributed by atoms with Gasteiger partial charge in [0.05, 0.1) is 18.7 Å². The molecular formula is C25H32F3N5O2. The van der Waals surface area contributed by atoms with Crippen molar-refractivity contribution in [3.05, 3.63) is 30.0 Å². The second-order valence-corrected chi connectivity index (χ2v) is 9.96. The van der Waals surface area contributed by atoms with Crippen molar-refractivity contribution in [3.63, 3.8) is 0 Å². The van der Waals surface area contributed by atoms with E-state index in [2.05, 4.69) is 22.1 Å². The van der Waals surface area contributed by atoms with E-state index in [9.17, 15) is 18.0 Å². The van der Waals surface area contributed by atoms with Crippen molar-refractivity contribution in [2.24, 2.45) is 5.92 Å². The van der Waals surface area contributed by atoms with Crippen LogP contribution in [0.1, 0.15) is 25.5 Å². The summed E-state index contributed by atoms with van der Waals surface area (Å²) in [6.07, 6.45) is -2.68. The number of methoxy groups -OCH3 is 1. The molecule has 5 rings (SSSR count). The molecule has 0 bridgehead atoms. The average molecular weight is 492 g/mol. The smallest absolute Gasteiger partial charge is 0.433 e. The molecule has 190 valence electrons. The third kappa shape index (κ3) is 4.91. The number of nitrogens with one attached hydrogen (secondary N) is 1. The van der Waals surface area contributed by atoms with Gasteiger partial charge < -0.3 is 19.9 Å². The predicted octanol–water partition coefficient (Wildman–Crippen LogP) is 2.98. The molecule has 0 saturated carbocycles. The highest BCUT2D eigenvalue weighted by Gasteiger charge is 2.38. The molecule has 7 nitrogen and oxygen atoms in total. The van der Waals surface area contributed by atoms with Gasteiger partial charge in [-0.3, -0.25) is 9.69 Å². The number of carbonyl (C=O) groups excluding carboxylic acids is 1. The molecule has 0 spiro atoms. The number of alkyl halides is 3. The molecule has 1 aromatic heterocycles. The van der Waals surface area contributed by atoms with Crippen molar-refractivity contribution >= 4 is 22.5 Å². The number of ether oxygens (including phenoxy) is 1. The summed E-state index contributed by atoms with van der Waals surface area (Å²) < 4.78 is 46.0. The van der Waals surface area contributed by atoms with Gasteiger partial charge in [0.25, 0.3) is 0 Å². The Balaban J connectivity index is 1.28. The summed E-state index contributed by atoms with van der Waals surface area (Å²) in [4.78, 5) is 23.1. The minimum absolute atomic E-state index is 0.144. The van der Waals surface area contributed by atoms with Crippen LogP contribution in [-0.2, 0) is 11.0 Å². The van der Waals surface area contributed by atoms with Gasteiger partial charge in [-0.05, 0) is 43.0 Å². The molecular weight excluding hydrogens is 459 g/mol. The fraction of sp³-hybridized carbons (Fsp3) is 0.600. The second kappa shape index (κ2) is 9.46. The molecule has 3 fully saturated rings. The van der Waals surface area contributed by atoms with Gasteiger partial charge in [-0.2, -0.15) is 13.2 Å². The Morgan fingerprint density at radius 1 is 1.14 bits per heavy atom. The SMILES string of the molecule is COc1ccc2nc(C(F)(F)F)cc(N3CCN([C@@H]4CN[C@H](C(=O)N5CCC(C)C5)C4)CC3)c2c1. The number of fused-ring (bicyclic) bond motifs is 1. The molecule has 10 heteroatoms. The largest absolute Gasteiger partial charge is 0.497 e. The van der Waals surface area contributed by atoms with E-state index in [1.54, 1.807) is 18.2 Å². The van der Waals surface area contributed by atoms with E-state index in [1.165, 1.54) is 7.11 Å². The van der Waals surface area contributed by atoms with Crippen LogP contribution in [0.25, 0.3) is 10.9 Å². The van der Waals surface area contributed by atoms with E-state index in [-0.39, 0.29) is 18.0 Å². The number of aromatic nitrogens is 1. The molecule has 1 unspecified atom stereocenters. The van der Waals surface area contributed by atoms with Crippen LogP contribution in [0.4, 0.5) is 18.9 Å². The number of anilines is 1. The zero-order valence-corrected chi connectivity index (χ0v) is 20.1. The number of hydrogen-bond acceptors (Lipinski definition) is 6. The lowest BCUT2D eigenvalue weighted by molar-refractivity contribution is -0.141. The maximum atomic E-state index is 13.6. The number of carbonyl (C=O) groups is 1. The molecule has 3 aliphatic rings. The first-order valence-electron chi connectivity index (χ1n) is 12.3. The molecule has 0 radical (unpaired) electrons. The topological polar surface area (TPSA) is 60.9 Å². The van der Waals surface area contributed by atoms with Gasteiger partial charge in [0.15, 0.2) is 0 Å². The lowest BCUT2D eigenvalue weighted by atomic mass is 10.1. The van der Waals surface area contributed by atoms with Gasteiger partial charge in [0.1, 0.15) is 11.4 Å². The van der Waals surface area contributed by atoms with Crippen LogP contribution in [0.3, 0.4) is 0 Å². The molecule has 1 amide bonds. The summed E-state index contributed by atoms with van der Waals surface area (Å²) in [7, 11) is 1.54. The van der Waals surface area contributed by atoms with E-state index in [0.717, 1.165) is 51.6 Å². The van der Waals surface area contributed by atoms with Crippen LogP contribution in [0, 0.1) is 5.92 Å². The molecule has 3 saturated heterocycles. The standard InChI is InChI=1S/C25H32F3N5O2/c1-16-5-6-33(15-16)24(34)21-11-17(14-29-21)31-7-9-32(10-8-31)22-13-23(25(26,27)28)30-20-4-3-18(35-2)12-19(20)22/h3-4,12-13,16-17,21,29H,5-11,14-15H2,1-2H3/t16?,17-,21-/m0/s1. The number of benzene rings is 1. The second-order valence-electron chi connectivity index (χ2n) is 9.96. The van der Waals surface area contributed by atoms with Gasteiger partial charge >= 0.3 is 6.18 Å². The fourth-order valence-electron chi connectivity index (χ4n) is 5.59. The minimum atomic E-state index is -4.52. The highest BCUT2D eigenvalue weighted by atomic mass is 19.4. The van der Waals surface area contributed by atoms with Crippen LogP contribution in [0.15, 0.2) is 24.3 Å². The number of piperazine rings is 1. The molecule has 1 N–H and O–H groups in total. The van der Waals surface area contributed by atoms with Crippen molar-refractivity contribution in [3.8, 4) is 5.75 Å². The number of pyridine rings is 1. The predicted molar refractivity (Wildman–Crippen MR) is 128 cm³/mol. The van der Waals surface area contributed by atoms with Crippen LogP contribution in [-0.4, -0.2) is 85.7 Å². The Morgan fingerprint density at radius 2 is 1.91 bits per heavy atom. The molecule has 3 atom stereocenters. The van der Waals surface area contributed by atoms with Gasteiger partial charge in [-0.25, -0.2) is 4.98 Å². The Hall–Kier alpha value is -2.59. The van der Waals surface area contributed by atoms with Gasteiger partial charge in [0.2, 0.25) is 5.91 Å². The van der Waals surface area contributed by atoms with E-state index in [0.29, 0.717) is 41.3 Å². The summed E-state index contributed by atoms with van der Waals surface area (Å²) in [5, 5.41) is 4.06. The third-order valence-electron chi connectivity index (χ3n) is 7.60. The van der Waals surface area contributed by atoms with E-state index >= 15 is 0 Å². The first-order valence-corrected chi connectivity index (χ1v) is 12.3. The molecule has 35 heavy (non-hydrogen) atoms. The number of rotatable bonds is 4. The number of nitrogens with zero attached hydrogens (tertiary/aromatic N) is 4. The normalized spacial score (nSPS) is 26.0. The number of halogens is 3. The highest BCUT2D eigenvalue weighted by molar-refractivity contribution is 5.93. The van der Waals surface area contributed by atoms with Crippen LogP contribution >= 0.6 is 0 Å². The molecule has 2 aromatic rings. The van der Waals surface area contributed by atoms with Crippen LogP contribution < -0.4 is 15.0 Å². The van der Waals surface area contributed by atoms with Crippen LogP contribution in [0.5, 0.6) is 5.75 Å². The van der Waals surface area contributed by atoms with Gasteiger partial charge in [0, 0.05) is 62.9 Å². The van der Waals surface area contributed by atoms with Gasteiger partial charge in [-0.15, -0.1) is 0 Å².